The van der Waals surface area contributed by atoms with E-state index < -0.39 is 0 Å². The summed E-state index contributed by atoms with van der Waals surface area (Å²) in [7, 11) is 5.18. The molecule has 0 fully saturated rings. The van der Waals surface area contributed by atoms with Gasteiger partial charge in [0.2, 0.25) is 0 Å². The number of pyridine rings is 1. The molecule has 2 aromatic carbocycles. The monoisotopic (exact) mass is 452 g/mol. The fraction of sp³-hybridized carbons (Fsp3) is 0.154. The molecule has 8 nitrogen and oxygen atoms in total. The zero-order valence-electron chi connectivity index (χ0n) is 19.2. The maximum Gasteiger partial charge on any atom is 0.124 e. The van der Waals surface area contributed by atoms with Crippen molar-refractivity contribution in [2.45, 2.75) is 6.54 Å². The largest absolute Gasteiger partial charge is 0.497 e. The van der Waals surface area contributed by atoms with Gasteiger partial charge in [-0.25, -0.2) is 4.98 Å². The number of nitrogens with zero attached hydrogens (tertiary/aromatic N) is 6. The van der Waals surface area contributed by atoms with Crippen LogP contribution in [0.25, 0.3) is 22.3 Å². The zero-order valence-corrected chi connectivity index (χ0v) is 19.2. The molecule has 0 amide bonds. The van der Waals surface area contributed by atoms with Gasteiger partial charge in [0.15, 0.2) is 0 Å². The number of aryl methyl sites for hydroxylation is 1. The van der Waals surface area contributed by atoms with Crippen LogP contribution in [0.15, 0.2) is 79.5 Å². The number of rotatable bonds is 7. The third-order valence-electron chi connectivity index (χ3n) is 5.55. The first-order chi connectivity index (χ1) is 16.6. The average Bonchev–Trinajstić information content (AvgIpc) is 3.33. The van der Waals surface area contributed by atoms with E-state index >= 15 is 0 Å². The minimum absolute atomic E-state index is 0.603. The highest BCUT2D eigenvalue weighted by Gasteiger charge is 2.15. The lowest BCUT2D eigenvalue weighted by Crippen LogP contribution is -2.17. The Bertz CT molecular complexity index is 1410. The molecule has 0 unspecified atom stereocenters. The summed E-state index contributed by atoms with van der Waals surface area (Å²) in [6.45, 7) is 0.603. The van der Waals surface area contributed by atoms with Crippen LogP contribution < -0.4 is 14.4 Å². The van der Waals surface area contributed by atoms with Crippen molar-refractivity contribution in [3.63, 3.8) is 0 Å². The predicted molar refractivity (Wildman–Crippen MR) is 131 cm³/mol. The Morgan fingerprint density at radius 1 is 0.882 bits per heavy atom. The van der Waals surface area contributed by atoms with Gasteiger partial charge < -0.3 is 14.4 Å². The fourth-order valence-electron chi connectivity index (χ4n) is 3.81. The molecule has 34 heavy (non-hydrogen) atoms. The van der Waals surface area contributed by atoms with Gasteiger partial charge in [-0.1, -0.05) is 6.07 Å². The maximum absolute atomic E-state index is 5.52. The van der Waals surface area contributed by atoms with Gasteiger partial charge in [0.1, 0.15) is 11.5 Å². The van der Waals surface area contributed by atoms with Crippen molar-refractivity contribution in [3.8, 4) is 22.8 Å². The SMILES string of the molecule is COc1cc(OC)cc(N(Cc2cccnc2)c2ccc3ncc(-c4cnn(C)c4)nc3c2)c1. The molecule has 3 heterocycles. The van der Waals surface area contributed by atoms with Gasteiger partial charge in [0.05, 0.1) is 43.3 Å². The molecular formula is C26H24N6O2. The summed E-state index contributed by atoms with van der Waals surface area (Å²) >= 11 is 0. The van der Waals surface area contributed by atoms with Gasteiger partial charge in [-0.2, -0.15) is 5.10 Å². The van der Waals surface area contributed by atoms with Gasteiger partial charge in [-0.3, -0.25) is 14.6 Å². The van der Waals surface area contributed by atoms with E-state index in [4.69, 9.17) is 14.5 Å². The summed E-state index contributed by atoms with van der Waals surface area (Å²) in [5.41, 5.74) is 6.28. The summed E-state index contributed by atoms with van der Waals surface area (Å²) < 4.78 is 12.8. The third-order valence-corrected chi connectivity index (χ3v) is 5.55. The van der Waals surface area contributed by atoms with Crippen LogP contribution in [0.4, 0.5) is 11.4 Å². The molecule has 0 aliphatic carbocycles. The van der Waals surface area contributed by atoms with E-state index in [-0.39, 0.29) is 0 Å². The second-order valence-electron chi connectivity index (χ2n) is 7.85. The smallest absolute Gasteiger partial charge is 0.124 e. The molecular weight excluding hydrogens is 428 g/mol. The third kappa shape index (κ3) is 4.38. The molecule has 0 spiro atoms. The Morgan fingerprint density at radius 2 is 1.71 bits per heavy atom. The molecule has 0 aliphatic heterocycles. The van der Waals surface area contributed by atoms with E-state index in [1.54, 1.807) is 37.5 Å². The molecule has 3 aromatic heterocycles. The topological polar surface area (TPSA) is 78.2 Å². The number of anilines is 2. The summed E-state index contributed by atoms with van der Waals surface area (Å²) in [5, 5.41) is 4.25. The summed E-state index contributed by atoms with van der Waals surface area (Å²) in [6, 6.07) is 15.9. The molecule has 0 atom stereocenters. The van der Waals surface area contributed by atoms with Crippen LogP contribution in [0.1, 0.15) is 5.56 Å². The van der Waals surface area contributed by atoms with Crippen molar-refractivity contribution >= 4 is 22.4 Å². The number of hydrogen-bond acceptors (Lipinski definition) is 7. The van der Waals surface area contributed by atoms with Crippen molar-refractivity contribution in [1.29, 1.82) is 0 Å². The average molecular weight is 453 g/mol. The Morgan fingerprint density at radius 3 is 2.38 bits per heavy atom. The lowest BCUT2D eigenvalue weighted by atomic mass is 10.1. The van der Waals surface area contributed by atoms with Gasteiger partial charge in [-0.15, -0.1) is 0 Å². The number of ether oxygens (including phenoxy) is 2. The normalized spacial score (nSPS) is 10.9. The number of aromatic nitrogens is 5. The van der Waals surface area contributed by atoms with E-state index in [0.29, 0.717) is 18.0 Å². The highest BCUT2D eigenvalue weighted by molar-refractivity contribution is 5.82. The Kier molecular flexibility index (Phi) is 5.78. The molecule has 0 saturated carbocycles. The molecule has 5 aromatic rings. The van der Waals surface area contributed by atoms with Crippen molar-refractivity contribution in [3.05, 3.63) is 85.1 Å². The first kappa shape index (κ1) is 21.4. The molecule has 8 heteroatoms. The van der Waals surface area contributed by atoms with E-state index in [1.165, 1.54) is 0 Å². The summed E-state index contributed by atoms with van der Waals surface area (Å²) in [5.74, 6) is 1.43. The fourth-order valence-corrected chi connectivity index (χ4v) is 3.81. The van der Waals surface area contributed by atoms with Gasteiger partial charge >= 0.3 is 0 Å². The van der Waals surface area contributed by atoms with Crippen LogP contribution in [0.2, 0.25) is 0 Å². The second-order valence-corrected chi connectivity index (χ2v) is 7.85. The lowest BCUT2D eigenvalue weighted by molar-refractivity contribution is 0.394. The number of methoxy groups -OCH3 is 2. The van der Waals surface area contributed by atoms with E-state index in [2.05, 4.69) is 26.0 Å². The minimum Gasteiger partial charge on any atom is -0.497 e. The van der Waals surface area contributed by atoms with Crippen LogP contribution >= 0.6 is 0 Å². The van der Waals surface area contributed by atoms with E-state index in [1.807, 2.05) is 61.9 Å². The lowest BCUT2D eigenvalue weighted by Gasteiger charge is -2.26. The number of fused-ring (bicyclic) bond motifs is 1. The highest BCUT2D eigenvalue weighted by atomic mass is 16.5. The Labute approximate surface area is 197 Å². The summed E-state index contributed by atoms with van der Waals surface area (Å²) in [4.78, 5) is 15.9. The molecule has 0 aliphatic rings. The van der Waals surface area contributed by atoms with Crippen LogP contribution in [0, 0.1) is 0 Å². The molecule has 170 valence electrons. The van der Waals surface area contributed by atoms with Gasteiger partial charge in [0, 0.05) is 67.3 Å². The molecule has 0 N–H and O–H groups in total. The molecule has 5 rings (SSSR count). The van der Waals surface area contributed by atoms with E-state index in [0.717, 1.165) is 39.2 Å². The van der Waals surface area contributed by atoms with Crippen molar-refractivity contribution in [2.75, 3.05) is 19.1 Å². The van der Waals surface area contributed by atoms with Crippen LogP contribution in [-0.2, 0) is 13.6 Å². The van der Waals surface area contributed by atoms with Crippen LogP contribution in [-0.4, -0.2) is 39.0 Å². The zero-order chi connectivity index (χ0) is 23.5. The highest BCUT2D eigenvalue weighted by Crippen LogP contribution is 2.35. The minimum atomic E-state index is 0.603. The maximum atomic E-state index is 5.52. The quantitative estimate of drug-likeness (QED) is 0.352. The summed E-state index contributed by atoms with van der Waals surface area (Å²) in [6.07, 6.45) is 9.13. The van der Waals surface area contributed by atoms with Crippen LogP contribution in [0.3, 0.4) is 0 Å². The van der Waals surface area contributed by atoms with Gasteiger partial charge in [-0.05, 0) is 29.8 Å². The molecule has 0 saturated heterocycles. The van der Waals surface area contributed by atoms with Crippen molar-refractivity contribution in [1.82, 2.24) is 24.7 Å². The molecule has 0 bridgehead atoms. The number of hydrogen-bond donors (Lipinski definition) is 0. The molecule has 0 radical (unpaired) electrons. The van der Waals surface area contributed by atoms with Crippen molar-refractivity contribution in [2.24, 2.45) is 7.05 Å². The number of benzene rings is 2. The Balaban J connectivity index is 1.62. The van der Waals surface area contributed by atoms with Crippen LogP contribution in [0.5, 0.6) is 11.5 Å². The standard InChI is InChI=1S/C26H24N6O2/c1-31-17-19(14-29-31)26-15-28-24-7-6-20(11-25(24)30-26)32(16-18-5-4-8-27-13-18)21-9-22(33-2)12-23(10-21)34-3/h4-15,17H,16H2,1-3H3. The Hall–Kier alpha value is -4.46. The van der Waals surface area contributed by atoms with E-state index in [9.17, 15) is 0 Å². The second kappa shape index (κ2) is 9.19. The van der Waals surface area contributed by atoms with Gasteiger partial charge in [0.25, 0.3) is 0 Å². The first-order valence-corrected chi connectivity index (χ1v) is 10.8. The van der Waals surface area contributed by atoms with Crippen molar-refractivity contribution < 1.29 is 9.47 Å². The predicted octanol–water partition coefficient (Wildman–Crippen LogP) is 4.78. The first-order valence-electron chi connectivity index (χ1n) is 10.8.